The number of guanidine groups is 1. The third-order valence-electron chi connectivity index (χ3n) is 5.99. The van der Waals surface area contributed by atoms with Crippen LogP contribution in [-0.4, -0.2) is 97.6 Å². The maximum Gasteiger partial charge on any atom is 0.224 e. The smallest absolute Gasteiger partial charge is 0.224 e. The van der Waals surface area contributed by atoms with Crippen LogP contribution in [0.4, 0.5) is 11.6 Å². The summed E-state index contributed by atoms with van der Waals surface area (Å²) >= 11 is 0. The van der Waals surface area contributed by atoms with E-state index in [1.165, 1.54) is 0 Å². The standard InChI is InChI=1S/C23H32N8O/c1-24-23(31-18-14-29(15-19-31)21-7-3-5-10-26-21)27-11-8-22(32)30-16-12-28(13-17-30)20-6-2-4-9-25-20/h2-7,9-10H,8,11-19H2,1H3,(H,24,27). The predicted molar refractivity (Wildman–Crippen MR) is 127 cm³/mol. The third kappa shape index (κ3) is 5.46. The Labute approximate surface area is 189 Å². The number of hydrogen-bond donors (Lipinski definition) is 1. The van der Waals surface area contributed by atoms with Crippen LogP contribution in [0.3, 0.4) is 0 Å². The van der Waals surface area contributed by atoms with E-state index < -0.39 is 0 Å². The molecule has 9 nitrogen and oxygen atoms in total. The number of pyridine rings is 2. The summed E-state index contributed by atoms with van der Waals surface area (Å²) in [6.07, 6.45) is 4.11. The van der Waals surface area contributed by atoms with Crippen LogP contribution in [0.5, 0.6) is 0 Å². The number of amides is 1. The number of nitrogens with one attached hydrogen (secondary N) is 1. The average molecular weight is 437 g/mol. The number of carbonyl (C=O) groups is 1. The maximum absolute atomic E-state index is 12.7. The molecule has 170 valence electrons. The minimum Gasteiger partial charge on any atom is -0.356 e. The summed E-state index contributed by atoms with van der Waals surface area (Å²) < 4.78 is 0. The Kier molecular flexibility index (Phi) is 7.37. The van der Waals surface area contributed by atoms with E-state index in [1.807, 2.05) is 53.7 Å². The molecular weight excluding hydrogens is 404 g/mol. The molecule has 2 aromatic rings. The number of anilines is 2. The first-order chi connectivity index (χ1) is 15.7. The lowest BCUT2D eigenvalue weighted by atomic mass is 10.2. The van der Waals surface area contributed by atoms with Gasteiger partial charge in [-0.2, -0.15) is 0 Å². The fourth-order valence-corrected chi connectivity index (χ4v) is 4.19. The van der Waals surface area contributed by atoms with Gasteiger partial charge in [-0.15, -0.1) is 0 Å². The van der Waals surface area contributed by atoms with Crippen molar-refractivity contribution in [2.75, 3.05) is 75.8 Å². The molecule has 9 heteroatoms. The summed E-state index contributed by atoms with van der Waals surface area (Å²) in [5.41, 5.74) is 0. The van der Waals surface area contributed by atoms with Gasteiger partial charge in [0.05, 0.1) is 0 Å². The van der Waals surface area contributed by atoms with Gasteiger partial charge in [-0.1, -0.05) is 12.1 Å². The molecule has 2 aliphatic heterocycles. The van der Waals surface area contributed by atoms with Gasteiger partial charge in [-0.25, -0.2) is 9.97 Å². The van der Waals surface area contributed by atoms with Gasteiger partial charge in [0.1, 0.15) is 11.6 Å². The van der Waals surface area contributed by atoms with Gasteiger partial charge in [0.2, 0.25) is 5.91 Å². The normalized spacial score (nSPS) is 17.5. The number of nitrogens with zero attached hydrogens (tertiary/aromatic N) is 7. The molecule has 2 aliphatic rings. The molecule has 0 atom stereocenters. The zero-order valence-electron chi connectivity index (χ0n) is 18.7. The molecule has 1 amide bonds. The third-order valence-corrected chi connectivity index (χ3v) is 5.99. The Morgan fingerprint density at radius 2 is 1.38 bits per heavy atom. The Morgan fingerprint density at radius 3 is 1.84 bits per heavy atom. The van der Waals surface area contributed by atoms with Gasteiger partial charge in [-0.05, 0) is 24.3 Å². The molecular formula is C23H32N8O. The average Bonchev–Trinajstić information content (AvgIpc) is 2.88. The van der Waals surface area contributed by atoms with E-state index in [0.717, 1.165) is 70.0 Å². The summed E-state index contributed by atoms with van der Waals surface area (Å²) in [6, 6.07) is 11.9. The quantitative estimate of drug-likeness (QED) is 0.551. The first-order valence-corrected chi connectivity index (χ1v) is 11.3. The second kappa shape index (κ2) is 10.8. The van der Waals surface area contributed by atoms with Gasteiger partial charge in [-0.3, -0.25) is 9.79 Å². The van der Waals surface area contributed by atoms with Gasteiger partial charge in [0, 0.05) is 84.8 Å². The van der Waals surface area contributed by atoms with Gasteiger partial charge < -0.3 is 24.9 Å². The molecule has 2 aromatic heterocycles. The van der Waals surface area contributed by atoms with Gasteiger partial charge in [0.25, 0.3) is 0 Å². The molecule has 2 saturated heterocycles. The van der Waals surface area contributed by atoms with E-state index in [9.17, 15) is 4.79 Å². The zero-order valence-corrected chi connectivity index (χ0v) is 18.7. The van der Waals surface area contributed by atoms with E-state index >= 15 is 0 Å². The predicted octanol–water partition coefficient (Wildman–Crippen LogP) is 0.913. The van der Waals surface area contributed by atoms with E-state index in [-0.39, 0.29) is 5.91 Å². The molecule has 0 saturated carbocycles. The van der Waals surface area contributed by atoms with Crippen molar-refractivity contribution in [3.05, 3.63) is 48.8 Å². The van der Waals surface area contributed by atoms with Crippen molar-refractivity contribution >= 4 is 23.5 Å². The summed E-state index contributed by atoms with van der Waals surface area (Å²) in [5, 5.41) is 3.37. The van der Waals surface area contributed by atoms with Crippen molar-refractivity contribution in [2.24, 2.45) is 4.99 Å². The molecule has 0 aliphatic carbocycles. The van der Waals surface area contributed by atoms with Crippen molar-refractivity contribution < 1.29 is 4.79 Å². The highest BCUT2D eigenvalue weighted by molar-refractivity contribution is 5.81. The molecule has 0 spiro atoms. The molecule has 0 bridgehead atoms. The van der Waals surface area contributed by atoms with Crippen LogP contribution in [0.15, 0.2) is 53.8 Å². The van der Waals surface area contributed by atoms with Crippen LogP contribution >= 0.6 is 0 Å². The molecule has 2 fully saturated rings. The van der Waals surface area contributed by atoms with E-state index in [2.05, 4.69) is 35.0 Å². The lowest BCUT2D eigenvalue weighted by molar-refractivity contribution is -0.131. The van der Waals surface area contributed by atoms with Crippen LogP contribution in [-0.2, 0) is 4.79 Å². The lowest BCUT2D eigenvalue weighted by Crippen LogP contribution is -2.53. The van der Waals surface area contributed by atoms with Crippen molar-refractivity contribution in [1.82, 2.24) is 25.1 Å². The number of aromatic nitrogens is 2. The molecule has 1 N–H and O–H groups in total. The molecule has 0 unspecified atom stereocenters. The zero-order chi connectivity index (χ0) is 22.2. The van der Waals surface area contributed by atoms with E-state index in [4.69, 9.17) is 0 Å². The van der Waals surface area contributed by atoms with Gasteiger partial charge >= 0.3 is 0 Å². The highest BCUT2D eigenvalue weighted by Crippen LogP contribution is 2.14. The molecule has 4 heterocycles. The van der Waals surface area contributed by atoms with Crippen LogP contribution < -0.4 is 15.1 Å². The maximum atomic E-state index is 12.7. The molecule has 0 radical (unpaired) electrons. The molecule has 32 heavy (non-hydrogen) atoms. The topological polar surface area (TPSA) is 80.2 Å². The fourth-order valence-electron chi connectivity index (χ4n) is 4.19. The monoisotopic (exact) mass is 436 g/mol. The van der Waals surface area contributed by atoms with Crippen molar-refractivity contribution in [2.45, 2.75) is 6.42 Å². The van der Waals surface area contributed by atoms with Crippen LogP contribution in [0, 0.1) is 0 Å². The Hall–Kier alpha value is -3.36. The lowest BCUT2D eigenvalue weighted by Gasteiger charge is -2.37. The molecule has 4 rings (SSSR count). The minimum absolute atomic E-state index is 0.189. The Balaban J connectivity index is 1.17. The number of aliphatic imine (C=N–C) groups is 1. The highest BCUT2D eigenvalue weighted by Gasteiger charge is 2.23. The second-order valence-electron chi connectivity index (χ2n) is 7.94. The highest BCUT2D eigenvalue weighted by atomic mass is 16.2. The van der Waals surface area contributed by atoms with Crippen LogP contribution in [0.2, 0.25) is 0 Å². The SMILES string of the molecule is CN=C(NCCC(=O)N1CCN(c2ccccn2)CC1)N1CCN(c2ccccn2)CC1. The van der Waals surface area contributed by atoms with Crippen LogP contribution in [0.25, 0.3) is 0 Å². The van der Waals surface area contributed by atoms with Gasteiger partial charge in [0.15, 0.2) is 5.96 Å². The van der Waals surface area contributed by atoms with E-state index in [0.29, 0.717) is 13.0 Å². The number of piperazine rings is 2. The Morgan fingerprint density at radius 1 is 0.844 bits per heavy atom. The summed E-state index contributed by atoms with van der Waals surface area (Å²) in [6.45, 7) is 7.25. The Bertz CT molecular complexity index is 875. The first-order valence-electron chi connectivity index (χ1n) is 11.3. The van der Waals surface area contributed by atoms with Crippen molar-refractivity contribution in [1.29, 1.82) is 0 Å². The molecule has 0 aromatic carbocycles. The van der Waals surface area contributed by atoms with Crippen molar-refractivity contribution in [3.63, 3.8) is 0 Å². The minimum atomic E-state index is 0.189. The summed E-state index contributed by atoms with van der Waals surface area (Å²) in [4.78, 5) is 34.7. The number of rotatable bonds is 5. The second-order valence-corrected chi connectivity index (χ2v) is 7.94. The largest absolute Gasteiger partial charge is 0.356 e. The van der Waals surface area contributed by atoms with E-state index in [1.54, 1.807) is 7.05 Å². The van der Waals surface area contributed by atoms with Crippen molar-refractivity contribution in [3.8, 4) is 0 Å². The summed E-state index contributed by atoms with van der Waals surface area (Å²) in [7, 11) is 1.80. The fraction of sp³-hybridized carbons (Fsp3) is 0.478. The summed E-state index contributed by atoms with van der Waals surface area (Å²) in [5.74, 6) is 3.05. The number of carbonyl (C=O) groups excluding carboxylic acids is 1. The first kappa shape index (κ1) is 21.9. The van der Waals surface area contributed by atoms with Crippen LogP contribution in [0.1, 0.15) is 6.42 Å². The number of hydrogen-bond acceptors (Lipinski definition) is 6.